The van der Waals surface area contributed by atoms with E-state index in [9.17, 15) is 4.79 Å². The molecule has 2 aliphatic rings. The maximum atomic E-state index is 12.9. The standard InChI is InChI=1S/C18H22N4OS/c23-18(21-8-10-24-11-9-21)14-4-3-7-22(12-14)17-15-5-1-2-6-16(15)19-13-20-17/h1-2,5-6,13-14H,3-4,7-12H2. The number of aromatic nitrogens is 2. The number of hydrogen-bond acceptors (Lipinski definition) is 5. The average Bonchev–Trinajstić information content (AvgIpc) is 2.68. The number of para-hydroxylation sites is 1. The quantitative estimate of drug-likeness (QED) is 0.839. The van der Waals surface area contributed by atoms with Gasteiger partial charge >= 0.3 is 0 Å². The Balaban J connectivity index is 1.55. The van der Waals surface area contributed by atoms with Crippen molar-refractivity contribution in [3.8, 4) is 0 Å². The molecule has 0 spiro atoms. The van der Waals surface area contributed by atoms with Crippen molar-refractivity contribution in [3.63, 3.8) is 0 Å². The van der Waals surface area contributed by atoms with Gasteiger partial charge in [-0.2, -0.15) is 11.8 Å². The van der Waals surface area contributed by atoms with Gasteiger partial charge in [0.05, 0.1) is 11.4 Å². The monoisotopic (exact) mass is 342 g/mol. The summed E-state index contributed by atoms with van der Waals surface area (Å²) in [6.45, 7) is 3.52. The van der Waals surface area contributed by atoms with Crippen LogP contribution in [-0.2, 0) is 4.79 Å². The van der Waals surface area contributed by atoms with Crippen molar-refractivity contribution in [2.45, 2.75) is 12.8 Å². The van der Waals surface area contributed by atoms with Crippen LogP contribution < -0.4 is 4.90 Å². The number of thioether (sulfide) groups is 1. The highest BCUT2D eigenvalue weighted by molar-refractivity contribution is 7.99. The molecule has 0 radical (unpaired) electrons. The summed E-state index contributed by atoms with van der Waals surface area (Å²) in [5.74, 6) is 3.53. The lowest BCUT2D eigenvalue weighted by Crippen LogP contribution is -2.47. The molecule has 24 heavy (non-hydrogen) atoms. The zero-order valence-corrected chi connectivity index (χ0v) is 14.5. The maximum Gasteiger partial charge on any atom is 0.227 e. The molecule has 0 N–H and O–H groups in total. The first-order valence-corrected chi connectivity index (χ1v) is 9.79. The fourth-order valence-corrected chi connectivity index (χ4v) is 4.56. The van der Waals surface area contributed by atoms with E-state index in [1.54, 1.807) is 6.33 Å². The fraction of sp³-hybridized carbons (Fsp3) is 0.500. The van der Waals surface area contributed by atoms with Crippen LogP contribution in [0.3, 0.4) is 0 Å². The topological polar surface area (TPSA) is 49.3 Å². The SMILES string of the molecule is O=C(C1CCCN(c2ncnc3ccccc23)C1)N1CCSCC1. The van der Waals surface area contributed by atoms with Gasteiger partial charge in [0.2, 0.25) is 5.91 Å². The zero-order valence-electron chi connectivity index (χ0n) is 13.7. The summed E-state index contributed by atoms with van der Waals surface area (Å²) >= 11 is 1.94. The van der Waals surface area contributed by atoms with Crippen LogP contribution in [0.4, 0.5) is 5.82 Å². The Labute approximate surface area is 146 Å². The Morgan fingerprint density at radius 1 is 1.12 bits per heavy atom. The third-order valence-electron chi connectivity index (χ3n) is 4.91. The number of anilines is 1. The largest absolute Gasteiger partial charge is 0.355 e. The Hall–Kier alpha value is -1.82. The summed E-state index contributed by atoms with van der Waals surface area (Å²) < 4.78 is 0. The molecule has 5 nitrogen and oxygen atoms in total. The molecular weight excluding hydrogens is 320 g/mol. The summed E-state index contributed by atoms with van der Waals surface area (Å²) in [7, 11) is 0. The van der Waals surface area contributed by atoms with E-state index in [-0.39, 0.29) is 5.92 Å². The van der Waals surface area contributed by atoms with Crippen LogP contribution in [0.25, 0.3) is 10.9 Å². The van der Waals surface area contributed by atoms with Crippen LogP contribution in [0.1, 0.15) is 12.8 Å². The Morgan fingerprint density at radius 3 is 2.83 bits per heavy atom. The van der Waals surface area contributed by atoms with E-state index >= 15 is 0 Å². The molecule has 1 atom stereocenters. The van der Waals surface area contributed by atoms with E-state index in [4.69, 9.17) is 0 Å². The number of benzene rings is 1. The van der Waals surface area contributed by atoms with E-state index in [0.29, 0.717) is 5.91 Å². The highest BCUT2D eigenvalue weighted by Gasteiger charge is 2.31. The van der Waals surface area contributed by atoms with Crippen molar-refractivity contribution in [3.05, 3.63) is 30.6 Å². The van der Waals surface area contributed by atoms with Crippen molar-refractivity contribution in [1.82, 2.24) is 14.9 Å². The molecule has 0 aliphatic carbocycles. The van der Waals surface area contributed by atoms with Gasteiger partial charge in [-0.3, -0.25) is 4.79 Å². The summed E-state index contributed by atoms with van der Waals surface area (Å²) in [6, 6.07) is 8.10. The van der Waals surface area contributed by atoms with E-state index in [1.807, 2.05) is 30.0 Å². The van der Waals surface area contributed by atoms with Crippen LogP contribution in [0.2, 0.25) is 0 Å². The Bertz CT molecular complexity index is 727. The van der Waals surface area contributed by atoms with Gasteiger partial charge in [-0.1, -0.05) is 12.1 Å². The minimum atomic E-state index is 0.0931. The molecule has 0 bridgehead atoms. The van der Waals surface area contributed by atoms with Gasteiger partial charge in [0, 0.05) is 43.1 Å². The molecule has 1 unspecified atom stereocenters. The first kappa shape index (κ1) is 15.7. The number of carbonyl (C=O) groups is 1. The van der Waals surface area contributed by atoms with Gasteiger partial charge in [-0.15, -0.1) is 0 Å². The van der Waals surface area contributed by atoms with Crippen molar-refractivity contribution < 1.29 is 4.79 Å². The zero-order chi connectivity index (χ0) is 16.4. The van der Waals surface area contributed by atoms with Gasteiger partial charge < -0.3 is 9.80 Å². The molecule has 2 saturated heterocycles. The molecule has 1 amide bonds. The van der Waals surface area contributed by atoms with Crippen LogP contribution in [0, 0.1) is 5.92 Å². The van der Waals surface area contributed by atoms with E-state index < -0.39 is 0 Å². The summed E-state index contributed by atoms with van der Waals surface area (Å²) in [4.78, 5) is 26.1. The number of hydrogen-bond donors (Lipinski definition) is 0. The number of amides is 1. The minimum Gasteiger partial charge on any atom is -0.355 e. The van der Waals surface area contributed by atoms with E-state index in [0.717, 1.165) is 67.2 Å². The van der Waals surface area contributed by atoms with Gasteiger partial charge in [0.25, 0.3) is 0 Å². The lowest BCUT2D eigenvalue weighted by atomic mass is 9.96. The first-order chi connectivity index (χ1) is 11.8. The molecule has 126 valence electrons. The molecule has 1 aromatic carbocycles. The number of carbonyl (C=O) groups excluding carboxylic acids is 1. The van der Waals surface area contributed by atoms with Crippen molar-refractivity contribution in [2.75, 3.05) is 42.6 Å². The van der Waals surface area contributed by atoms with Gasteiger partial charge in [0.1, 0.15) is 12.1 Å². The lowest BCUT2D eigenvalue weighted by Gasteiger charge is -2.36. The van der Waals surface area contributed by atoms with Crippen LogP contribution >= 0.6 is 11.8 Å². The number of nitrogens with zero attached hydrogens (tertiary/aromatic N) is 4. The Morgan fingerprint density at radius 2 is 1.96 bits per heavy atom. The predicted molar refractivity (Wildman–Crippen MR) is 98.4 cm³/mol. The smallest absolute Gasteiger partial charge is 0.227 e. The molecule has 3 heterocycles. The van der Waals surface area contributed by atoms with Gasteiger partial charge in [-0.25, -0.2) is 9.97 Å². The van der Waals surface area contributed by atoms with Gasteiger partial charge in [0.15, 0.2) is 0 Å². The fourth-order valence-electron chi connectivity index (χ4n) is 3.66. The van der Waals surface area contributed by atoms with E-state index in [2.05, 4.69) is 25.8 Å². The summed E-state index contributed by atoms with van der Waals surface area (Å²) in [5.41, 5.74) is 0.962. The molecular formula is C18H22N4OS. The van der Waals surface area contributed by atoms with Crippen LogP contribution in [-0.4, -0.2) is 58.5 Å². The third-order valence-corrected chi connectivity index (χ3v) is 5.86. The van der Waals surface area contributed by atoms with Crippen LogP contribution in [0.15, 0.2) is 30.6 Å². The highest BCUT2D eigenvalue weighted by Crippen LogP contribution is 2.28. The molecule has 1 aromatic heterocycles. The number of piperidine rings is 1. The first-order valence-electron chi connectivity index (χ1n) is 8.64. The van der Waals surface area contributed by atoms with Crippen molar-refractivity contribution in [2.24, 2.45) is 5.92 Å². The predicted octanol–water partition coefficient (Wildman–Crippen LogP) is 2.42. The molecule has 2 aliphatic heterocycles. The van der Waals surface area contributed by atoms with E-state index in [1.165, 1.54) is 0 Å². The Kier molecular flexibility index (Phi) is 4.56. The second-order valence-corrected chi connectivity index (χ2v) is 7.66. The van der Waals surface area contributed by atoms with Crippen molar-refractivity contribution >= 4 is 34.4 Å². The second-order valence-electron chi connectivity index (χ2n) is 6.44. The lowest BCUT2D eigenvalue weighted by molar-refractivity contribution is -0.135. The van der Waals surface area contributed by atoms with Crippen LogP contribution in [0.5, 0.6) is 0 Å². The molecule has 4 rings (SSSR count). The normalized spacial score (nSPS) is 21.9. The average molecular weight is 342 g/mol. The summed E-state index contributed by atoms with van der Waals surface area (Å²) in [6.07, 6.45) is 3.66. The minimum absolute atomic E-state index is 0.0931. The molecule has 0 saturated carbocycles. The maximum absolute atomic E-state index is 12.9. The number of rotatable bonds is 2. The second kappa shape index (κ2) is 6.97. The third kappa shape index (κ3) is 3.07. The summed E-state index contributed by atoms with van der Waals surface area (Å²) in [5, 5.41) is 1.07. The van der Waals surface area contributed by atoms with Gasteiger partial charge in [-0.05, 0) is 25.0 Å². The highest BCUT2D eigenvalue weighted by atomic mass is 32.2. The molecule has 2 aromatic rings. The molecule has 6 heteroatoms. The molecule has 2 fully saturated rings. The van der Waals surface area contributed by atoms with Crippen molar-refractivity contribution in [1.29, 1.82) is 0 Å². The number of fused-ring (bicyclic) bond motifs is 1.